The number of nitrogens with zero attached hydrogens (tertiary/aromatic N) is 1. The summed E-state index contributed by atoms with van der Waals surface area (Å²) in [5, 5.41) is 14.3. The Morgan fingerprint density at radius 3 is 2.64 bits per heavy atom. The number of carbonyl (C=O) groups excluding carboxylic acids is 1. The zero-order valence-electron chi connectivity index (χ0n) is 23.9. The fraction of sp³-hybridized carbons (Fsp3) is 0.618. The van der Waals surface area contributed by atoms with Gasteiger partial charge in [0, 0.05) is 12.0 Å². The van der Waals surface area contributed by atoms with E-state index in [4.69, 9.17) is 4.74 Å². The lowest BCUT2D eigenvalue weighted by Gasteiger charge is -2.53. The molecule has 2 fully saturated rings. The quantitative estimate of drug-likeness (QED) is 0.349. The van der Waals surface area contributed by atoms with Gasteiger partial charge in [0.05, 0.1) is 5.60 Å². The van der Waals surface area contributed by atoms with E-state index in [-0.39, 0.29) is 11.5 Å². The number of fused-ring (bicyclic) bond motifs is 3. The molecule has 39 heavy (non-hydrogen) atoms. The molecule has 1 aliphatic heterocycles. The number of rotatable bonds is 9. The molecule has 2 aromatic rings. The standard InChI is InChI=1S/C34H48N2O3/c1-2-17-33(38)18-19-34(25-27-11-6-5-7-12-27)29(26-33)14-13-28-24-30(15-16-31(28)34)39-32(37)35-20-10-23-36-21-8-3-4-9-22-36/h5-7,11-12,15-16,24,29,38H,2-4,8-10,13-14,17-23,25-26H2,1H3,(H,35,37)/t29-,33-,34+/m1/s1. The summed E-state index contributed by atoms with van der Waals surface area (Å²) < 4.78 is 5.74. The zero-order chi connectivity index (χ0) is 27.1. The first-order valence-corrected chi connectivity index (χ1v) is 15.6. The number of carbonyl (C=O) groups is 1. The molecule has 2 aliphatic carbocycles. The number of hydrogen-bond acceptors (Lipinski definition) is 4. The highest BCUT2D eigenvalue weighted by Gasteiger charge is 2.51. The van der Waals surface area contributed by atoms with Gasteiger partial charge in [-0.1, -0.05) is 62.6 Å². The maximum Gasteiger partial charge on any atom is 0.412 e. The lowest BCUT2D eigenvalue weighted by Crippen LogP contribution is -2.51. The molecule has 2 aromatic carbocycles. The smallest absolute Gasteiger partial charge is 0.410 e. The minimum Gasteiger partial charge on any atom is -0.410 e. The van der Waals surface area contributed by atoms with Crippen molar-refractivity contribution in [2.45, 2.75) is 101 Å². The van der Waals surface area contributed by atoms with Crippen molar-refractivity contribution in [1.82, 2.24) is 10.2 Å². The number of ether oxygens (including phenoxy) is 1. The second-order valence-corrected chi connectivity index (χ2v) is 12.5. The second-order valence-electron chi connectivity index (χ2n) is 12.5. The van der Waals surface area contributed by atoms with Gasteiger partial charge < -0.3 is 20.1 Å². The normalized spacial score (nSPS) is 27.2. The number of hydrogen-bond donors (Lipinski definition) is 2. The Balaban J connectivity index is 1.25. The summed E-state index contributed by atoms with van der Waals surface area (Å²) in [6.07, 6.45) is 13.5. The third kappa shape index (κ3) is 6.86. The predicted octanol–water partition coefficient (Wildman–Crippen LogP) is 6.80. The van der Waals surface area contributed by atoms with Crippen LogP contribution in [0.5, 0.6) is 5.75 Å². The first-order chi connectivity index (χ1) is 19.0. The number of aliphatic hydroxyl groups is 1. The Labute approximate surface area is 235 Å². The van der Waals surface area contributed by atoms with Crippen LogP contribution in [0.1, 0.15) is 94.2 Å². The predicted molar refractivity (Wildman–Crippen MR) is 157 cm³/mol. The first-order valence-electron chi connectivity index (χ1n) is 15.6. The molecule has 1 saturated carbocycles. The molecule has 0 unspecified atom stereocenters. The molecule has 5 rings (SSSR count). The lowest BCUT2D eigenvalue weighted by atomic mass is 9.52. The molecule has 0 bridgehead atoms. The van der Waals surface area contributed by atoms with Crippen LogP contribution in [0.4, 0.5) is 4.79 Å². The lowest BCUT2D eigenvalue weighted by molar-refractivity contribution is -0.0565. The van der Waals surface area contributed by atoms with Gasteiger partial charge in [-0.3, -0.25) is 0 Å². The van der Waals surface area contributed by atoms with E-state index in [0.717, 1.165) is 64.3 Å². The van der Waals surface area contributed by atoms with Crippen molar-refractivity contribution < 1.29 is 14.6 Å². The molecule has 5 heteroatoms. The maximum absolute atomic E-state index is 12.6. The summed E-state index contributed by atoms with van der Waals surface area (Å²) in [5.74, 6) is 1.08. The van der Waals surface area contributed by atoms with Crippen molar-refractivity contribution in [3.05, 3.63) is 65.2 Å². The maximum atomic E-state index is 12.6. The van der Waals surface area contributed by atoms with Gasteiger partial charge in [-0.2, -0.15) is 0 Å². The van der Waals surface area contributed by atoms with E-state index in [1.54, 1.807) is 0 Å². The van der Waals surface area contributed by atoms with Crippen molar-refractivity contribution in [2.24, 2.45) is 5.92 Å². The minimum absolute atomic E-state index is 0.0169. The third-order valence-electron chi connectivity index (χ3n) is 9.73. The molecule has 212 valence electrons. The number of nitrogens with one attached hydrogen (secondary N) is 1. The third-order valence-corrected chi connectivity index (χ3v) is 9.73. The number of amides is 1. The number of aryl methyl sites for hydroxylation is 1. The molecule has 5 nitrogen and oxygen atoms in total. The van der Waals surface area contributed by atoms with Gasteiger partial charge in [-0.25, -0.2) is 4.79 Å². The van der Waals surface area contributed by atoms with Crippen LogP contribution in [0.15, 0.2) is 48.5 Å². The fourth-order valence-corrected chi connectivity index (χ4v) is 7.78. The van der Waals surface area contributed by atoms with E-state index in [9.17, 15) is 9.90 Å². The molecule has 3 aliphatic rings. The van der Waals surface area contributed by atoms with Gasteiger partial charge >= 0.3 is 6.09 Å². The Bertz CT molecular complexity index is 1080. The van der Waals surface area contributed by atoms with Gasteiger partial charge in [0.25, 0.3) is 0 Å². The van der Waals surface area contributed by atoms with E-state index in [2.05, 4.69) is 59.6 Å². The molecule has 0 spiro atoms. The Kier molecular flexibility index (Phi) is 9.29. The average molecular weight is 533 g/mol. The van der Waals surface area contributed by atoms with Crippen LogP contribution in [0, 0.1) is 5.92 Å². The zero-order valence-corrected chi connectivity index (χ0v) is 23.9. The largest absolute Gasteiger partial charge is 0.412 e. The molecule has 2 N–H and O–H groups in total. The number of benzene rings is 2. The van der Waals surface area contributed by atoms with Crippen LogP contribution in [0.2, 0.25) is 0 Å². The van der Waals surface area contributed by atoms with Crippen molar-refractivity contribution in [1.29, 1.82) is 0 Å². The Hall–Kier alpha value is -2.37. The minimum atomic E-state index is -0.536. The van der Waals surface area contributed by atoms with Crippen LogP contribution >= 0.6 is 0 Å². The van der Waals surface area contributed by atoms with Gasteiger partial charge in [-0.15, -0.1) is 0 Å². The van der Waals surface area contributed by atoms with Crippen LogP contribution in [-0.4, -0.2) is 47.9 Å². The fourth-order valence-electron chi connectivity index (χ4n) is 7.78. The van der Waals surface area contributed by atoms with E-state index < -0.39 is 5.60 Å². The first kappa shape index (κ1) is 28.2. The molecule has 1 saturated heterocycles. The Morgan fingerprint density at radius 2 is 1.87 bits per heavy atom. The van der Waals surface area contributed by atoms with Crippen LogP contribution in [-0.2, 0) is 18.3 Å². The molecule has 0 radical (unpaired) electrons. The van der Waals surface area contributed by atoms with Gasteiger partial charge in [0.1, 0.15) is 5.75 Å². The molecular formula is C34H48N2O3. The van der Waals surface area contributed by atoms with Gasteiger partial charge in [0.15, 0.2) is 0 Å². The van der Waals surface area contributed by atoms with E-state index >= 15 is 0 Å². The van der Waals surface area contributed by atoms with Crippen molar-refractivity contribution in [2.75, 3.05) is 26.2 Å². The van der Waals surface area contributed by atoms with Crippen LogP contribution < -0.4 is 10.1 Å². The highest BCUT2D eigenvalue weighted by molar-refractivity contribution is 5.70. The summed E-state index contributed by atoms with van der Waals surface area (Å²) in [6.45, 7) is 6.22. The average Bonchev–Trinajstić information content (AvgIpc) is 3.21. The summed E-state index contributed by atoms with van der Waals surface area (Å²) in [6, 6.07) is 17.1. The molecule has 3 atom stereocenters. The summed E-state index contributed by atoms with van der Waals surface area (Å²) >= 11 is 0. The molecule has 1 amide bonds. The Morgan fingerprint density at radius 1 is 1.08 bits per heavy atom. The molecule has 0 aromatic heterocycles. The van der Waals surface area contributed by atoms with E-state index in [0.29, 0.717) is 18.2 Å². The monoisotopic (exact) mass is 532 g/mol. The topological polar surface area (TPSA) is 61.8 Å². The second kappa shape index (κ2) is 12.9. The van der Waals surface area contributed by atoms with Crippen molar-refractivity contribution in [3.8, 4) is 5.75 Å². The highest BCUT2D eigenvalue weighted by Crippen LogP contribution is 2.55. The molecular weight excluding hydrogens is 484 g/mol. The van der Waals surface area contributed by atoms with Gasteiger partial charge in [-0.05, 0) is 119 Å². The SMILES string of the molecule is CCC[C@@]1(O)CC[C@@]2(Cc3ccccc3)c3ccc(OC(=O)NCCCN4CCCCCC4)cc3CC[C@@H]2C1. The highest BCUT2D eigenvalue weighted by atomic mass is 16.6. The van der Waals surface area contributed by atoms with Crippen LogP contribution in [0.25, 0.3) is 0 Å². The van der Waals surface area contributed by atoms with Crippen molar-refractivity contribution >= 4 is 6.09 Å². The van der Waals surface area contributed by atoms with E-state index in [1.165, 1.54) is 55.5 Å². The van der Waals surface area contributed by atoms with Crippen molar-refractivity contribution in [3.63, 3.8) is 0 Å². The van der Waals surface area contributed by atoms with Gasteiger partial charge in [0.2, 0.25) is 0 Å². The summed E-state index contributed by atoms with van der Waals surface area (Å²) in [4.78, 5) is 15.1. The number of likely N-dealkylation sites (tertiary alicyclic amines) is 1. The van der Waals surface area contributed by atoms with Crippen LogP contribution in [0.3, 0.4) is 0 Å². The summed E-state index contributed by atoms with van der Waals surface area (Å²) in [7, 11) is 0. The van der Waals surface area contributed by atoms with E-state index in [1.807, 2.05) is 6.07 Å². The molecule has 1 heterocycles. The summed E-state index contributed by atoms with van der Waals surface area (Å²) in [5.41, 5.74) is 3.53.